The average molecular weight is 319 g/mol. The SMILES string of the molecule is CNCC1CCN(C(=O)Cn2sc3ccccc3c2=O)CC1. The van der Waals surface area contributed by atoms with Gasteiger partial charge in [0.25, 0.3) is 5.56 Å². The number of nitrogens with one attached hydrogen (secondary N) is 1. The maximum atomic E-state index is 12.4. The van der Waals surface area contributed by atoms with Gasteiger partial charge in [0.05, 0.1) is 10.1 Å². The van der Waals surface area contributed by atoms with Crippen LogP contribution < -0.4 is 10.9 Å². The highest BCUT2D eigenvalue weighted by molar-refractivity contribution is 7.13. The summed E-state index contributed by atoms with van der Waals surface area (Å²) < 4.78 is 2.51. The maximum Gasteiger partial charge on any atom is 0.268 e. The molecule has 1 fully saturated rings. The van der Waals surface area contributed by atoms with Crippen molar-refractivity contribution in [3.63, 3.8) is 0 Å². The van der Waals surface area contributed by atoms with E-state index >= 15 is 0 Å². The number of nitrogens with zero attached hydrogens (tertiary/aromatic N) is 2. The minimum Gasteiger partial charge on any atom is -0.341 e. The molecule has 2 heterocycles. The van der Waals surface area contributed by atoms with Gasteiger partial charge in [-0.1, -0.05) is 23.7 Å². The predicted molar refractivity (Wildman–Crippen MR) is 89.3 cm³/mol. The minimum atomic E-state index is -0.0565. The second-order valence-electron chi connectivity index (χ2n) is 5.81. The van der Waals surface area contributed by atoms with E-state index in [1.807, 2.05) is 36.2 Å². The van der Waals surface area contributed by atoms with Crippen molar-refractivity contribution in [1.82, 2.24) is 14.2 Å². The Balaban J connectivity index is 1.66. The largest absolute Gasteiger partial charge is 0.341 e. The summed E-state index contributed by atoms with van der Waals surface area (Å²) in [5, 5.41) is 3.90. The maximum absolute atomic E-state index is 12.4. The van der Waals surface area contributed by atoms with Crippen LogP contribution in [0.25, 0.3) is 10.1 Å². The first kappa shape index (κ1) is 15.2. The van der Waals surface area contributed by atoms with Gasteiger partial charge >= 0.3 is 0 Å². The van der Waals surface area contributed by atoms with Crippen molar-refractivity contribution in [2.24, 2.45) is 5.92 Å². The summed E-state index contributed by atoms with van der Waals surface area (Å²) in [5.74, 6) is 0.706. The molecule has 1 N–H and O–H groups in total. The summed E-state index contributed by atoms with van der Waals surface area (Å²) in [6.45, 7) is 2.77. The van der Waals surface area contributed by atoms with Gasteiger partial charge in [0.15, 0.2) is 0 Å². The number of likely N-dealkylation sites (tertiary alicyclic amines) is 1. The molecule has 1 aromatic heterocycles. The van der Waals surface area contributed by atoms with Crippen molar-refractivity contribution in [1.29, 1.82) is 0 Å². The number of fused-ring (bicyclic) bond motifs is 1. The van der Waals surface area contributed by atoms with Gasteiger partial charge in [0.1, 0.15) is 6.54 Å². The molecule has 5 nitrogen and oxygen atoms in total. The molecular formula is C16H21N3O2S. The number of piperidine rings is 1. The van der Waals surface area contributed by atoms with Crippen LogP contribution in [0, 0.1) is 5.92 Å². The third-order valence-corrected chi connectivity index (χ3v) is 5.36. The Morgan fingerprint density at radius 3 is 2.73 bits per heavy atom. The molecule has 0 bridgehead atoms. The fraction of sp³-hybridized carbons (Fsp3) is 0.500. The Morgan fingerprint density at radius 1 is 1.32 bits per heavy atom. The van der Waals surface area contributed by atoms with Crippen molar-refractivity contribution < 1.29 is 4.79 Å². The smallest absolute Gasteiger partial charge is 0.268 e. The molecule has 0 unspecified atom stereocenters. The van der Waals surface area contributed by atoms with Crippen LogP contribution in [0.15, 0.2) is 29.1 Å². The lowest BCUT2D eigenvalue weighted by Crippen LogP contribution is -2.42. The highest BCUT2D eigenvalue weighted by Crippen LogP contribution is 2.18. The van der Waals surface area contributed by atoms with E-state index in [-0.39, 0.29) is 18.0 Å². The molecule has 1 aliphatic heterocycles. The summed E-state index contributed by atoms with van der Waals surface area (Å²) in [7, 11) is 1.96. The lowest BCUT2D eigenvalue weighted by molar-refractivity contribution is -0.133. The topological polar surface area (TPSA) is 54.3 Å². The van der Waals surface area contributed by atoms with Crippen LogP contribution in [0.4, 0.5) is 0 Å². The first-order valence-electron chi connectivity index (χ1n) is 7.70. The van der Waals surface area contributed by atoms with Crippen LogP contribution in [-0.4, -0.2) is 41.4 Å². The van der Waals surface area contributed by atoms with E-state index in [0.717, 1.165) is 37.2 Å². The lowest BCUT2D eigenvalue weighted by atomic mass is 9.97. The molecule has 2 aromatic rings. The van der Waals surface area contributed by atoms with Crippen LogP contribution in [0.2, 0.25) is 0 Å². The van der Waals surface area contributed by atoms with Gasteiger partial charge < -0.3 is 10.2 Å². The highest BCUT2D eigenvalue weighted by Gasteiger charge is 2.23. The van der Waals surface area contributed by atoms with E-state index in [1.165, 1.54) is 11.5 Å². The molecule has 0 atom stereocenters. The first-order chi connectivity index (χ1) is 10.7. The monoisotopic (exact) mass is 319 g/mol. The second-order valence-corrected chi connectivity index (χ2v) is 6.87. The number of aromatic nitrogens is 1. The van der Waals surface area contributed by atoms with Gasteiger partial charge in [-0.3, -0.25) is 13.5 Å². The van der Waals surface area contributed by atoms with Crippen LogP contribution in [-0.2, 0) is 11.3 Å². The Hall–Kier alpha value is -1.66. The van der Waals surface area contributed by atoms with Gasteiger partial charge in [0, 0.05) is 13.1 Å². The van der Waals surface area contributed by atoms with Crippen molar-refractivity contribution in [2.45, 2.75) is 19.4 Å². The van der Waals surface area contributed by atoms with Crippen LogP contribution in [0.3, 0.4) is 0 Å². The van der Waals surface area contributed by atoms with Crippen LogP contribution in [0.5, 0.6) is 0 Å². The molecule has 1 saturated heterocycles. The van der Waals surface area contributed by atoms with Crippen LogP contribution >= 0.6 is 11.5 Å². The number of carbonyl (C=O) groups excluding carboxylic acids is 1. The van der Waals surface area contributed by atoms with Gasteiger partial charge in [-0.05, 0) is 44.5 Å². The molecule has 1 aromatic carbocycles. The number of benzene rings is 1. The van der Waals surface area contributed by atoms with E-state index in [9.17, 15) is 9.59 Å². The summed E-state index contributed by atoms with van der Waals surface area (Å²) in [5.41, 5.74) is -0.0565. The Bertz CT molecular complexity index is 713. The fourth-order valence-electron chi connectivity index (χ4n) is 3.02. The van der Waals surface area contributed by atoms with Crippen molar-refractivity contribution >= 4 is 27.5 Å². The van der Waals surface area contributed by atoms with Crippen molar-refractivity contribution in [2.75, 3.05) is 26.7 Å². The predicted octanol–water partition coefficient (Wildman–Crippen LogP) is 1.52. The second kappa shape index (κ2) is 6.62. The van der Waals surface area contributed by atoms with E-state index in [1.54, 1.807) is 3.96 Å². The van der Waals surface area contributed by atoms with Gasteiger partial charge in [-0.25, -0.2) is 0 Å². The van der Waals surface area contributed by atoms with Gasteiger partial charge in [0.2, 0.25) is 5.91 Å². The molecule has 0 radical (unpaired) electrons. The number of carbonyl (C=O) groups is 1. The Kier molecular flexibility index (Phi) is 4.59. The zero-order chi connectivity index (χ0) is 15.5. The first-order valence-corrected chi connectivity index (χ1v) is 8.47. The average Bonchev–Trinajstić information content (AvgIpc) is 2.85. The minimum absolute atomic E-state index is 0.0524. The Labute approximate surface area is 133 Å². The molecule has 6 heteroatoms. The van der Waals surface area contributed by atoms with Gasteiger partial charge in [-0.2, -0.15) is 0 Å². The normalized spacial score (nSPS) is 16.3. The standard InChI is InChI=1S/C16H21N3O2S/c1-17-10-12-6-8-18(9-7-12)15(20)11-19-16(21)13-4-2-3-5-14(13)22-19/h2-5,12,17H,6-11H2,1H3. The number of hydrogen-bond acceptors (Lipinski definition) is 4. The fourth-order valence-corrected chi connectivity index (χ4v) is 4.01. The van der Waals surface area contributed by atoms with Gasteiger partial charge in [-0.15, -0.1) is 0 Å². The number of rotatable bonds is 4. The molecule has 1 aliphatic rings. The summed E-state index contributed by atoms with van der Waals surface area (Å²) in [4.78, 5) is 26.6. The molecule has 0 saturated carbocycles. The molecule has 0 aliphatic carbocycles. The van der Waals surface area contributed by atoms with E-state index in [0.29, 0.717) is 11.3 Å². The zero-order valence-electron chi connectivity index (χ0n) is 12.7. The molecule has 0 spiro atoms. The molecule has 3 rings (SSSR count). The Morgan fingerprint density at radius 2 is 2.05 bits per heavy atom. The van der Waals surface area contributed by atoms with E-state index < -0.39 is 0 Å². The van der Waals surface area contributed by atoms with E-state index in [4.69, 9.17) is 0 Å². The van der Waals surface area contributed by atoms with E-state index in [2.05, 4.69) is 5.32 Å². The number of amides is 1. The summed E-state index contributed by atoms with van der Waals surface area (Å²) in [6.07, 6.45) is 2.07. The third kappa shape index (κ3) is 3.08. The quantitative estimate of drug-likeness (QED) is 0.930. The van der Waals surface area contributed by atoms with Crippen LogP contribution in [0.1, 0.15) is 12.8 Å². The molecule has 1 amide bonds. The molecule has 118 valence electrons. The van der Waals surface area contributed by atoms with Crippen molar-refractivity contribution in [3.05, 3.63) is 34.6 Å². The molecular weight excluding hydrogens is 298 g/mol. The highest BCUT2D eigenvalue weighted by atomic mass is 32.1. The lowest BCUT2D eigenvalue weighted by Gasteiger charge is -2.31. The summed E-state index contributed by atoms with van der Waals surface area (Å²) >= 11 is 1.37. The number of hydrogen-bond donors (Lipinski definition) is 1. The third-order valence-electron chi connectivity index (χ3n) is 4.29. The molecule has 22 heavy (non-hydrogen) atoms. The summed E-state index contributed by atoms with van der Waals surface area (Å²) in [6, 6.07) is 7.51. The zero-order valence-corrected chi connectivity index (χ0v) is 13.6. The van der Waals surface area contributed by atoms with Crippen molar-refractivity contribution in [3.8, 4) is 0 Å².